The first kappa shape index (κ1) is 27.3. The molecule has 8 N–H and O–H groups in total. The van der Waals surface area contributed by atoms with E-state index in [4.69, 9.17) is 20.4 Å². The van der Waals surface area contributed by atoms with E-state index in [2.05, 4.69) is 16.0 Å². The van der Waals surface area contributed by atoms with Gasteiger partial charge in [0.05, 0.1) is 18.9 Å². The molecule has 0 aromatic rings. The molecule has 1 saturated heterocycles. The summed E-state index contributed by atoms with van der Waals surface area (Å²) in [5, 5.41) is 44.9. The second-order valence-corrected chi connectivity index (χ2v) is 7.30. The number of carboxylic acids is 4. The van der Waals surface area contributed by atoms with Crippen LogP contribution in [0.5, 0.6) is 0 Å². The fourth-order valence-electron chi connectivity index (χ4n) is 3.02. The molecule has 1 aliphatic rings. The van der Waals surface area contributed by atoms with Crippen LogP contribution in [-0.4, -0.2) is 92.7 Å². The van der Waals surface area contributed by atoms with Gasteiger partial charge in [-0.1, -0.05) is 0 Å². The second-order valence-electron chi connectivity index (χ2n) is 7.30. The van der Waals surface area contributed by atoms with Gasteiger partial charge in [0.15, 0.2) is 0 Å². The van der Waals surface area contributed by atoms with Crippen LogP contribution >= 0.6 is 0 Å². The average Bonchev–Trinajstić information content (AvgIpc) is 3.23. The lowest BCUT2D eigenvalue weighted by Crippen LogP contribution is -2.57. The Morgan fingerprint density at radius 3 is 1.79 bits per heavy atom. The molecule has 0 saturated carbocycles. The lowest BCUT2D eigenvalue weighted by atomic mass is 10.1. The summed E-state index contributed by atoms with van der Waals surface area (Å²) in [4.78, 5) is 81.4. The Morgan fingerprint density at radius 1 is 0.758 bits per heavy atom. The van der Waals surface area contributed by atoms with Crippen LogP contribution < -0.4 is 21.3 Å². The highest BCUT2D eigenvalue weighted by molar-refractivity contribution is 5.96. The maximum Gasteiger partial charge on any atom is 0.326 e. The highest BCUT2D eigenvalue weighted by Gasteiger charge is 2.33. The Balaban J connectivity index is 2.97. The molecule has 3 amide bonds. The van der Waals surface area contributed by atoms with Crippen LogP contribution in [0.4, 0.5) is 0 Å². The van der Waals surface area contributed by atoms with Gasteiger partial charge < -0.3 is 41.7 Å². The van der Waals surface area contributed by atoms with Gasteiger partial charge in [0, 0.05) is 6.42 Å². The minimum atomic E-state index is -1.86. The molecule has 1 rings (SSSR count). The van der Waals surface area contributed by atoms with E-state index in [1.54, 1.807) is 0 Å². The summed E-state index contributed by atoms with van der Waals surface area (Å²) >= 11 is 0. The van der Waals surface area contributed by atoms with E-state index >= 15 is 0 Å². The van der Waals surface area contributed by atoms with Crippen molar-refractivity contribution in [1.82, 2.24) is 21.3 Å². The van der Waals surface area contributed by atoms with Crippen LogP contribution in [0.1, 0.15) is 38.5 Å². The molecular formula is C18H26N4O11. The summed E-state index contributed by atoms with van der Waals surface area (Å²) in [5.74, 6) is -8.91. The molecule has 1 heterocycles. The molecule has 1 fully saturated rings. The van der Waals surface area contributed by atoms with E-state index in [1.807, 2.05) is 5.32 Å². The van der Waals surface area contributed by atoms with E-state index in [9.17, 15) is 33.6 Å². The molecule has 15 heteroatoms. The number of nitrogens with one attached hydrogen (secondary N) is 4. The van der Waals surface area contributed by atoms with Gasteiger partial charge in [-0.05, 0) is 25.8 Å². The van der Waals surface area contributed by atoms with Crippen molar-refractivity contribution >= 4 is 41.6 Å². The molecule has 184 valence electrons. The molecule has 0 aromatic heterocycles. The van der Waals surface area contributed by atoms with Gasteiger partial charge in [-0.15, -0.1) is 0 Å². The van der Waals surface area contributed by atoms with Gasteiger partial charge in [0.2, 0.25) is 17.7 Å². The third kappa shape index (κ3) is 9.94. The average molecular weight is 474 g/mol. The zero-order valence-corrected chi connectivity index (χ0v) is 17.4. The molecule has 0 spiro atoms. The topological polar surface area (TPSA) is 249 Å². The molecular weight excluding hydrogens is 448 g/mol. The molecule has 0 bridgehead atoms. The van der Waals surface area contributed by atoms with Crippen molar-refractivity contribution in [3.8, 4) is 0 Å². The highest BCUT2D eigenvalue weighted by atomic mass is 16.4. The number of carbonyl (C=O) groups is 7. The molecule has 4 unspecified atom stereocenters. The van der Waals surface area contributed by atoms with Gasteiger partial charge in [-0.25, -0.2) is 4.79 Å². The standard InChI is InChI=1S/C18H26N4O11/c23-12(24)4-3-9(16(30)22-11(18(32)33)7-14(27)28)20-17(31)10(6-13(25)26)21-15(29)8-2-1-5-19-8/h8-11,19H,1-7H2,(H,20,31)(H,21,29)(H,22,30)(H,23,24)(H,25,26)(H,27,28)(H,32,33). The zero-order chi connectivity index (χ0) is 25.1. The third-order valence-corrected chi connectivity index (χ3v) is 4.66. The van der Waals surface area contributed by atoms with E-state index in [0.29, 0.717) is 19.4 Å². The first-order valence-electron chi connectivity index (χ1n) is 9.93. The SMILES string of the molecule is O=C(O)CCC(NC(=O)C(CC(=O)O)NC(=O)C1CCCN1)C(=O)NC(CC(=O)O)C(=O)O. The Hall–Kier alpha value is -3.75. The third-order valence-electron chi connectivity index (χ3n) is 4.66. The van der Waals surface area contributed by atoms with E-state index in [1.165, 1.54) is 0 Å². The molecule has 1 aliphatic heterocycles. The summed E-state index contributed by atoms with van der Waals surface area (Å²) < 4.78 is 0. The van der Waals surface area contributed by atoms with Crippen molar-refractivity contribution in [2.75, 3.05) is 6.54 Å². The Bertz CT molecular complexity index is 794. The number of hydrogen-bond acceptors (Lipinski definition) is 8. The first-order valence-corrected chi connectivity index (χ1v) is 9.93. The maximum absolute atomic E-state index is 12.6. The number of hydrogen-bond donors (Lipinski definition) is 8. The van der Waals surface area contributed by atoms with E-state index in [-0.39, 0.29) is 0 Å². The maximum atomic E-state index is 12.6. The quantitative estimate of drug-likeness (QED) is 0.126. The van der Waals surface area contributed by atoms with Crippen molar-refractivity contribution in [3.05, 3.63) is 0 Å². The van der Waals surface area contributed by atoms with Crippen LogP contribution in [0.15, 0.2) is 0 Å². The van der Waals surface area contributed by atoms with Crippen molar-refractivity contribution in [1.29, 1.82) is 0 Å². The molecule has 0 aliphatic carbocycles. The summed E-state index contributed by atoms with van der Waals surface area (Å²) in [6.45, 7) is 0.562. The van der Waals surface area contributed by atoms with E-state index in [0.717, 1.165) is 0 Å². The molecule has 15 nitrogen and oxygen atoms in total. The van der Waals surface area contributed by atoms with Crippen molar-refractivity contribution < 1.29 is 54.0 Å². The number of rotatable bonds is 14. The highest BCUT2D eigenvalue weighted by Crippen LogP contribution is 2.07. The van der Waals surface area contributed by atoms with Gasteiger partial charge in [0.1, 0.15) is 18.1 Å². The van der Waals surface area contributed by atoms with Crippen LogP contribution in [0.3, 0.4) is 0 Å². The van der Waals surface area contributed by atoms with Crippen LogP contribution in [0.25, 0.3) is 0 Å². The molecule has 33 heavy (non-hydrogen) atoms. The van der Waals surface area contributed by atoms with Gasteiger partial charge in [-0.2, -0.15) is 0 Å². The fraction of sp³-hybridized carbons (Fsp3) is 0.611. The van der Waals surface area contributed by atoms with Crippen LogP contribution in [-0.2, 0) is 33.6 Å². The monoisotopic (exact) mass is 474 g/mol. The lowest BCUT2D eigenvalue weighted by molar-refractivity contribution is -0.147. The Labute approximate surface area is 186 Å². The summed E-state index contributed by atoms with van der Waals surface area (Å²) in [6, 6.07) is -5.73. The Kier molecular flexibility index (Phi) is 10.7. The van der Waals surface area contributed by atoms with Crippen LogP contribution in [0.2, 0.25) is 0 Å². The largest absolute Gasteiger partial charge is 0.481 e. The molecule has 0 aromatic carbocycles. The zero-order valence-electron chi connectivity index (χ0n) is 17.4. The predicted molar refractivity (Wildman–Crippen MR) is 106 cm³/mol. The number of carboxylic acid groups (broad SMARTS) is 4. The summed E-state index contributed by atoms with van der Waals surface area (Å²) in [6.07, 6.45) is -1.79. The van der Waals surface area contributed by atoms with Gasteiger partial charge in [0.25, 0.3) is 0 Å². The minimum Gasteiger partial charge on any atom is -0.481 e. The summed E-state index contributed by atoms with van der Waals surface area (Å²) in [5.41, 5.74) is 0. The normalized spacial score (nSPS) is 17.8. The summed E-state index contributed by atoms with van der Waals surface area (Å²) in [7, 11) is 0. The van der Waals surface area contributed by atoms with Crippen LogP contribution in [0, 0.1) is 0 Å². The fourth-order valence-corrected chi connectivity index (χ4v) is 3.02. The van der Waals surface area contributed by atoms with E-state index < -0.39 is 91.4 Å². The lowest BCUT2D eigenvalue weighted by Gasteiger charge is -2.24. The first-order chi connectivity index (χ1) is 15.4. The predicted octanol–water partition coefficient (Wildman–Crippen LogP) is -2.91. The number of aliphatic carboxylic acids is 4. The minimum absolute atomic E-state index is 0.469. The van der Waals surface area contributed by atoms with Crippen molar-refractivity contribution in [2.45, 2.75) is 62.7 Å². The Morgan fingerprint density at radius 2 is 1.30 bits per heavy atom. The number of carbonyl (C=O) groups excluding carboxylic acids is 3. The smallest absolute Gasteiger partial charge is 0.326 e. The van der Waals surface area contributed by atoms with Crippen molar-refractivity contribution in [2.24, 2.45) is 0 Å². The second kappa shape index (κ2) is 12.9. The molecule has 0 radical (unpaired) electrons. The number of amides is 3. The van der Waals surface area contributed by atoms with Gasteiger partial charge in [-0.3, -0.25) is 28.8 Å². The molecule has 4 atom stereocenters. The van der Waals surface area contributed by atoms with Crippen molar-refractivity contribution in [3.63, 3.8) is 0 Å². The van der Waals surface area contributed by atoms with Gasteiger partial charge >= 0.3 is 23.9 Å².